The number of hydrogen-bond donors (Lipinski definition) is 1. The van der Waals surface area contributed by atoms with Crippen molar-refractivity contribution in [3.05, 3.63) is 16.2 Å². The van der Waals surface area contributed by atoms with E-state index >= 15 is 0 Å². The lowest BCUT2D eigenvalue weighted by Gasteiger charge is -2.32. The molecule has 4 nitrogen and oxygen atoms in total. The Bertz CT molecular complexity index is 475. The number of nitrogens with zero attached hydrogens (tertiary/aromatic N) is 1. The molecule has 0 atom stereocenters. The van der Waals surface area contributed by atoms with Crippen LogP contribution in [0.15, 0.2) is 10.7 Å². The summed E-state index contributed by atoms with van der Waals surface area (Å²) in [5, 5.41) is 0. The van der Waals surface area contributed by atoms with Gasteiger partial charge < -0.3 is 15.0 Å². The van der Waals surface area contributed by atoms with Crippen molar-refractivity contribution in [3.8, 4) is 0 Å². The minimum atomic E-state index is -0.403. The molecular weight excluding hydrogens is 295 g/mol. The summed E-state index contributed by atoms with van der Waals surface area (Å²) in [6.07, 6.45) is 1.72. The van der Waals surface area contributed by atoms with Gasteiger partial charge in [-0.1, -0.05) is 0 Å². The molecule has 2 N–H and O–H groups in total. The van der Waals surface area contributed by atoms with E-state index in [9.17, 15) is 0 Å². The third kappa shape index (κ3) is 2.06. The molecule has 0 bridgehead atoms. The van der Waals surface area contributed by atoms with Crippen molar-refractivity contribution in [1.29, 1.82) is 0 Å². The molecule has 2 rings (SSSR count). The first-order valence-electron chi connectivity index (χ1n) is 5.92. The number of hydrogen-bond acceptors (Lipinski definition) is 4. The average Bonchev–Trinajstić information content (AvgIpc) is 2.45. The summed E-state index contributed by atoms with van der Waals surface area (Å²) in [6.45, 7) is 10.1. The summed E-state index contributed by atoms with van der Waals surface area (Å²) in [4.78, 5) is 4.15. The van der Waals surface area contributed by atoms with Crippen LogP contribution in [0.4, 0.5) is 5.82 Å². The van der Waals surface area contributed by atoms with Gasteiger partial charge in [-0.3, -0.25) is 0 Å². The molecule has 1 fully saturated rings. The van der Waals surface area contributed by atoms with Crippen LogP contribution in [-0.2, 0) is 9.31 Å². The van der Waals surface area contributed by atoms with E-state index in [0.29, 0.717) is 5.82 Å². The predicted molar refractivity (Wildman–Crippen MR) is 76.8 cm³/mol. The van der Waals surface area contributed by atoms with E-state index in [-0.39, 0.29) is 11.2 Å². The van der Waals surface area contributed by atoms with Crippen molar-refractivity contribution in [1.82, 2.24) is 4.98 Å². The molecule has 1 aliphatic heterocycles. The highest BCUT2D eigenvalue weighted by molar-refractivity contribution is 9.10. The molecule has 0 amide bonds. The first-order chi connectivity index (χ1) is 8.16. The summed E-state index contributed by atoms with van der Waals surface area (Å²) in [6, 6.07) is 0. The van der Waals surface area contributed by atoms with Crippen LogP contribution in [0.25, 0.3) is 0 Å². The molecule has 18 heavy (non-hydrogen) atoms. The van der Waals surface area contributed by atoms with Crippen LogP contribution in [0.3, 0.4) is 0 Å². The van der Waals surface area contributed by atoms with E-state index in [4.69, 9.17) is 15.0 Å². The van der Waals surface area contributed by atoms with Gasteiger partial charge >= 0.3 is 7.12 Å². The highest BCUT2D eigenvalue weighted by Gasteiger charge is 2.52. The Morgan fingerprint density at radius 3 is 2.22 bits per heavy atom. The molecule has 0 unspecified atom stereocenters. The Morgan fingerprint density at radius 1 is 1.22 bits per heavy atom. The minimum Gasteiger partial charge on any atom is -0.399 e. The zero-order valence-electron chi connectivity index (χ0n) is 11.4. The second-order valence-electron chi connectivity index (χ2n) is 5.63. The molecule has 2 heterocycles. The second kappa shape index (κ2) is 4.22. The normalized spacial score (nSPS) is 21.3. The van der Waals surface area contributed by atoms with Gasteiger partial charge in [0.1, 0.15) is 5.82 Å². The van der Waals surface area contributed by atoms with Crippen molar-refractivity contribution in [2.45, 2.75) is 45.8 Å². The van der Waals surface area contributed by atoms with Crippen molar-refractivity contribution in [3.63, 3.8) is 0 Å². The summed E-state index contributed by atoms with van der Waals surface area (Å²) in [5.74, 6) is 0.479. The summed E-state index contributed by atoms with van der Waals surface area (Å²) in [5.41, 5.74) is 6.97. The van der Waals surface area contributed by atoms with E-state index in [0.717, 1.165) is 15.5 Å². The van der Waals surface area contributed by atoms with E-state index in [1.807, 2.05) is 34.6 Å². The SMILES string of the molecule is Cc1c(B2OC(C)(C)C(C)(C)O2)cnc(N)c1Br. The Balaban J connectivity index is 2.39. The topological polar surface area (TPSA) is 57.4 Å². The third-order valence-corrected chi connectivity index (χ3v) is 4.84. The van der Waals surface area contributed by atoms with Crippen LogP contribution < -0.4 is 11.2 Å². The lowest BCUT2D eigenvalue weighted by Crippen LogP contribution is -2.41. The largest absolute Gasteiger partial charge is 0.496 e. The molecule has 0 saturated carbocycles. The minimum absolute atomic E-state index is 0.349. The number of pyridine rings is 1. The van der Waals surface area contributed by atoms with Crippen molar-refractivity contribution in [2.75, 3.05) is 5.73 Å². The maximum Gasteiger partial charge on any atom is 0.496 e. The molecular formula is C12H18BBrN2O2. The predicted octanol–water partition coefficient (Wildman–Crippen LogP) is 2.03. The lowest BCUT2D eigenvalue weighted by atomic mass is 9.77. The molecule has 6 heteroatoms. The third-order valence-electron chi connectivity index (χ3n) is 3.84. The van der Waals surface area contributed by atoms with E-state index in [1.54, 1.807) is 6.20 Å². The van der Waals surface area contributed by atoms with Gasteiger partial charge in [0, 0.05) is 11.7 Å². The smallest absolute Gasteiger partial charge is 0.399 e. The van der Waals surface area contributed by atoms with E-state index in [2.05, 4.69) is 20.9 Å². The molecule has 0 radical (unpaired) electrons. The number of nitrogen functional groups attached to an aromatic ring is 1. The average molecular weight is 313 g/mol. The Kier molecular flexibility index (Phi) is 3.24. The molecule has 0 aromatic carbocycles. The van der Waals surface area contributed by atoms with Crippen LogP contribution in [-0.4, -0.2) is 23.3 Å². The molecule has 1 saturated heterocycles. The van der Waals surface area contributed by atoms with Crippen LogP contribution in [0.2, 0.25) is 0 Å². The van der Waals surface area contributed by atoms with Gasteiger partial charge in [-0.25, -0.2) is 4.98 Å². The van der Waals surface area contributed by atoms with E-state index < -0.39 is 7.12 Å². The highest BCUT2D eigenvalue weighted by Crippen LogP contribution is 2.37. The quantitative estimate of drug-likeness (QED) is 0.806. The summed E-state index contributed by atoms with van der Waals surface area (Å²) < 4.78 is 12.8. The van der Waals surface area contributed by atoms with Gasteiger partial charge in [0.15, 0.2) is 0 Å². The number of rotatable bonds is 1. The van der Waals surface area contributed by atoms with Crippen molar-refractivity contribution >= 4 is 34.3 Å². The molecule has 0 spiro atoms. The first-order valence-corrected chi connectivity index (χ1v) is 6.71. The summed E-state index contributed by atoms with van der Waals surface area (Å²) >= 11 is 3.44. The van der Waals surface area contributed by atoms with Gasteiger partial charge in [-0.05, 0) is 56.1 Å². The molecule has 1 aliphatic rings. The summed E-state index contributed by atoms with van der Waals surface area (Å²) in [7, 11) is -0.403. The fourth-order valence-corrected chi connectivity index (χ4v) is 2.15. The Hall–Kier alpha value is -0.585. The van der Waals surface area contributed by atoms with Crippen LogP contribution in [0.1, 0.15) is 33.3 Å². The van der Waals surface area contributed by atoms with Crippen LogP contribution in [0.5, 0.6) is 0 Å². The van der Waals surface area contributed by atoms with Crippen molar-refractivity contribution in [2.24, 2.45) is 0 Å². The maximum absolute atomic E-state index is 6.00. The lowest BCUT2D eigenvalue weighted by molar-refractivity contribution is 0.00578. The van der Waals surface area contributed by atoms with Crippen LogP contribution >= 0.6 is 15.9 Å². The molecule has 1 aromatic rings. The standard InChI is InChI=1S/C12H18BBrN2O2/c1-7-8(6-16-10(15)9(7)14)13-17-11(2,3)12(4,5)18-13/h6H,1-5H3,(H2,15,16). The highest BCUT2D eigenvalue weighted by atomic mass is 79.9. The van der Waals surface area contributed by atoms with Gasteiger partial charge in [-0.15, -0.1) is 0 Å². The molecule has 1 aromatic heterocycles. The Morgan fingerprint density at radius 2 is 1.72 bits per heavy atom. The first kappa shape index (κ1) is 13.8. The molecule has 98 valence electrons. The number of nitrogens with two attached hydrogens (primary N) is 1. The fourth-order valence-electron chi connectivity index (χ4n) is 1.82. The van der Waals surface area contributed by atoms with E-state index in [1.165, 1.54) is 0 Å². The monoisotopic (exact) mass is 312 g/mol. The van der Waals surface area contributed by atoms with Crippen LogP contribution in [0, 0.1) is 6.92 Å². The maximum atomic E-state index is 6.00. The van der Waals surface area contributed by atoms with Gasteiger partial charge in [0.05, 0.1) is 15.7 Å². The van der Waals surface area contributed by atoms with Gasteiger partial charge in [-0.2, -0.15) is 0 Å². The zero-order chi connectivity index (χ0) is 13.7. The Labute approximate surface area is 117 Å². The second-order valence-corrected chi connectivity index (χ2v) is 6.42. The van der Waals surface area contributed by atoms with Crippen molar-refractivity contribution < 1.29 is 9.31 Å². The number of anilines is 1. The molecule has 0 aliphatic carbocycles. The number of aromatic nitrogens is 1. The van der Waals surface area contributed by atoms with Gasteiger partial charge in [0.25, 0.3) is 0 Å². The zero-order valence-corrected chi connectivity index (χ0v) is 13.0. The fraction of sp³-hybridized carbons (Fsp3) is 0.583. The number of halogens is 1. The van der Waals surface area contributed by atoms with Gasteiger partial charge in [0.2, 0.25) is 0 Å².